The van der Waals surface area contributed by atoms with E-state index >= 15 is 0 Å². The predicted molar refractivity (Wildman–Crippen MR) is 73.4 cm³/mol. The number of rotatable bonds is 3. The number of methoxy groups -OCH3 is 1. The average Bonchev–Trinajstić information content (AvgIpc) is 2.94. The zero-order valence-electron chi connectivity index (χ0n) is 12.0. The third kappa shape index (κ3) is 2.87. The Kier molecular flexibility index (Phi) is 3.51. The van der Waals surface area contributed by atoms with Crippen molar-refractivity contribution in [3.63, 3.8) is 0 Å². The van der Waals surface area contributed by atoms with E-state index in [9.17, 15) is 13.2 Å². The summed E-state index contributed by atoms with van der Waals surface area (Å²) in [5.41, 5.74) is 0.288. The van der Waals surface area contributed by atoms with Gasteiger partial charge in [0.25, 0.3) is 5.88 Å². The minimum absolute atomic E-state index is 0.0602. The van der Waals surface area contributed by atoms with Crippen LogP contribution in [0.15, 0.2) is 22.8 Å². The molecule has 3 rings (SSSR count). The highest BCUT2D eigenvalue weighted by molar-refractivity contribution is 5.72. The Morgan fingerprint density at radius 3 is 2.48 bits per heavy atom. The van der Waals surface area contributed by atoms with Gasteiger partial charge in [-0.15, -0.1) is 0 Å². The number of hydrogen-bond donors (Lipinski definition) is 1. The van der Waals surface area contributed by atoms with Crippen molar-refractivity contribution in [3.8, 4) is 5.88 Å². The van der Waals surface area contributed by atoms with Gasteiger partial charge < -0.3 is 10.1 Å². The molecule has 0 radical (unpaired) electrons. The lowest BCUT2D eigenvalue weighted by Crippen LogP contribution is -2.07. The molecule has 1 N–H and O–H groups in total. The van der Waals surface area contributed by atoms with Crippen LogP contribution in [0.5, 0.6) is 5.88 Å². The fourth-order valence-electron chi connectivity index (χ4n) is 1.91. The van der Waals surface area contributed by atoms with E-state index < -0.39 is 11.7 Å². The lowest BCUT2D eigenvalue weighted by molar-refractivity contribution is -0.137. The van der Waals surface area contributed by atoms with Gasteiger partial charge in [0.2, 0.25) is 11.3 Å². The number of nitrogens with one attached hydrogen (secondary N) is 1. The smallest absolute Gasteiger partial charge is 0.416 e. The Morgan fingerprint density at radius 2 is 1.83 bits per heavy atom. The van der Waals surface area contributed by atoms with Gasteiger partial charge in [0.1, 0.15) is 0 Å². The highest BCUT2D eigenvalue weighted by atomic mass is 19.4. The van der Waals surface area contributed by atoms with Crippen molar-refractivity contribution in [1.82, 2.24) is 20.3 Å². The molecule has 0 unspecified atom stereocenters. The largest absolute Gasteiger partial charge is 0.478 e. The molecule has 0 aliphatic rings. The average molecular weight is 325 g/mol. The number of aryl methyl sites for hydroxylation is 1. The van der Waals surface area contributed by atoms with Gasteiger partial charge in [-0.05, 0) is 34.9 Å². The molecule has 0 atom stereocenters. The molecule has 1 aromatic carbocycles. The monoisotopic (exact) mass is 325 g/mol. The molecule has 10 heteroatoms. The fraction of sp³-hybridized carbons (Fsp3) is 0.231. The van der Waals surface area contributed by atoms with Crippen LogP contribution in [-0.2, 0) is 6.18 Å². The Hall–Kier alpha value is -2.91. The van der Waals surface area contributed by atoms with Crippen molar-refractivity contribution in [2.45, 2.75) is 13.1 Å². The van der Waals surface area contributed by atoms with Gasteiger partial charge in [-0.3, -0.25) is 0 Å². The van der Waals surface area contributed by atoms with E-state index in [1.165, 1.54) is 13.2 Å². The molecule has 0 saturated carbocycles. The number of aromatic nitrogens is 4. The van der Waals surface area contributed by atoms with E-state index in [1.54, 1.807) is 6.92 Å². The number of ether oxygens (including phenoxy) is 1. The normalized spacial score (nSPS) is 11.7. The number of halogens is 3. The summed E-state index contributed by atoms with van der Waals surface area (Å²) in [5.74, 6) is 0.170. The summed E-state index contributed by atoms with van der Waals surface area (Å²) in [6.07, 6.45) is -4.44. The van der Waals surface area contributed by atoms with Gasteiger partial charge in [0, 0.05) is 5.69 Å². The third-order valence-electron chi connectivity index (χ3n) is 3.09. The highest BCUT2D eigenvalue weighted by Crippen LogP contribution is 2.34. The van der Waals surface area contributed by atoms with Gasteiger partial charge >= 0.3 is 6.18 Å². The molecule has 0 aliphatic heterocycles. The third-order valence-corrected chi connectivity index (χ3v) is 3.09. The van der Waals surface area contributed by atoms with Crippen LogP contribution in [-0.4, -0.2) is 27.4 Å². The quantitative estimate of drug-likeness (QED) is 0.792. The van der Waals surface area contributed by atoms with Gasteiger partial charge in [0.05, 0.1) is 12.7 Å². The number of anilines is 2. The second-order valence-corrected chi connectivity index (χ2v) is 4.65. The van der Waals surface area contributed by atoms with Gasteiger partial charge in [-0.25, -0.2) is 4.63 Å². The van der Waals surface area contributed by atoms with E-state index in [0.29, 0.717) is 5.56 Å². The molecule has 2 heterocycles. The van der Waals surface area contributed by atoms with E-state index in [4.69, 9.17) is 4.74 Å². The van der Waals surface area contributed by atoms with Gasteiger partial charge in [-0.2, -0.15) is 23.1 Å². The standard InChI is InChI=1S/C13H10F3N5O2/c1-6-3-4-7(13(14,15)16)5-8(6)17-11-12(22-2)19-10-9(18-11)20-23-21-10/h3-5H,1-2H3,(H,17,18,20). The van der Waals surface area contributed by atoms with E-state index in [1.807, 2.05) is 0 Å². The summed E-state index contributed by atoms with van der Waals surface area (Å²) in [7, 11) is 1.35. The molecular formula is C13H10F3N5O2. The number of nitrogens with zero attached hydrogens (tertiary/aromatic N) is 4. The molecule has 0 bridgehead atoms. The summed E-state index contributed by atoms with van der Waals surface area (Å²) in [6.45, 7) is 1.67. The Labute approximate surface area is 127 Å². The lowest BCUT2D eigenvalue weighted by atomic mass is 10.1. The van der Waals surface area contributed by atoms with Crippen LogP contribution in [0.1, 0.15) is 11.1 Å². The number of alkyl halides is 3. The minimum atomic E-state index is -4.44. The van der Waals surface area contributed by atoms with Crippen molar-refractivity contribution in [1.29, 1.82) is 0 Å². The molecule has 0 fully saturated rings. The molecule has 0 aliphatic carbocycles. The Balaban J connectivity index is 2.04. The zero-order chi connectivity index (χ0) is 16.6. The van der Waals surface area contributed by atoms with Crippen LogP contribution >= 0.6 is 0 Å². The number of benzene rings is 1. The maximum absolute atomic E-state index is 12.8. The molecular weight excluding hydrogens is 315 g/mol. The van der Waals surface area contributed by atoms with Crippen LogP contribution in [0.3, 0.4) is 0 Å². The maximum atomic E-state index is 12.8. The summed E-state index contributed by atoms with van der Waals surface area (Å²) >= 11 is 0. The minimum Gasteiger partial charge on any atom is -0.478 e. The predicted octanol–water partition coefficient (Wildman–Crippen LogP) is 3.09. The van der Waals surface area contributed by atoms with Crippen LogP contribution in [0.2, 0.25) is 0 Å². The fourth-order valence-corrected chi connectivity index (χ4v) is 1.91. The van der Waals surface area contributed by atoms with Crippen LogP contribution in [0.25, 0.3) is 11.3 Å². The second kappa shape index (κ2) is 5.38. The first kappa shape index (κ1) is 15.0. The van der Waals surface area contributed by atoms with Crippen molar-refractivity contribution in [2.24, 2.45) is 0 Å². The van der Waals surface area contributed by atoms with Gasteiger partial charge in [-0.1, -0.05) is 6.07 Å². The summed E-state index contributed by atoms with van der Waals surface area (Å²) in [4.78, 5) is 8.10. The SMILES string of the molecule is COc1nc2nonc2nc1Nc1cc(C(F)(F)F)ccc1C. The molecule has 3 aromatic rings. The number of fused-ring (bicyclic) bond motifs is 1. The lowest BCUT2D eigenvalue weighted by Gasteiger charge is -2.13. The van der Waals surface area contributed by atoms with Crippen LogP contribution in [0.4, 0.5) is 24.7 Å². The Bertz CT molecular complexity index is 862. The van der Waals surface area contributed by atoms with Crippen molar-refractivity contribution in [3.05, 3.63) is 29.3 Å². The molecule has 120 valence electrons. The van der Waals surface area contributed by atoms with Crippen LogP contribution < -0.4 is 10.1 Å². The van der Waals surface area contributed by atoms with E-state index in [0.717, 1.165) is 12.1 Å². The van der Waals surface area contributed by atoms with Crippen LogP contribution in [0, 0.1) is 6.92 Å². The summed E-state index contributed by atoms with van der Waals surface area (Å²) in [5, 5.41) is 9.84. The molecule has 23 heavy (non-hydrogen) atoms. The summed E-state index contributed by atoms with van der Waals surface area (Å²) < 4.78 is 48.1. The first-order valence-corrected chi connectivity index (χ1v) is 6.37. The first-order valence-electron chi connectivity index (χ1n) is 6.37. The maximum Gasteiger partial charge on any atom is 0.416 e. The topological polar surface area (TPSA) is 86.0 Å². The second-order valence-electron chi connectivity index (χ2n) is 4.65. The van der Waals surface area contributed by atoms with E-state index in [-0.39, 0.29) is 28.7 Å². The van der Waals surface area contributed by atoms with Crippen molar-refractivity contribution in [2.75, 3.05) is 12.4 Å². The molecule has 0 amide bonds. The molecule has 0 saturated heterocycles. The van der Waals surface area contributed by atoms with Gasteiger partial charge in [0.15, 0.2) is 5.82 Å². The molecule has 7 nitrogen and oxygen atoms in total. The zero-order valence-corrected chi connectivity index (χ0v) is 12.0. The first-order chi connectivity index (χ1) is 10.9. The van der Waals surface area contributed by atoms with Crippen molar-refractivity contribution < 1.29 is 22.5 Å². The van der Waals surface area contributed by atoms with Crippen molar-refractivity contribution >= 4 is 22.8 Å². The Morgan fingerprint density at radius 1 is 1.13 bits per heavy atom. The summed E-state index contributed by atoms with van der Waals surface area (Å²) in [6, 6.07) is 3.36. The molecule has 0 spiro atoms. The highest BCUT2D eigenvalue weighted by Gasteiger charge is 2.31. The van der Waals surface area contributed by atoms with E-state index in [2.05, 4.69) is 30.2 Å². The number of hydrogen-bond acceptors (Lipinski definition) is 7. The molecule has 2 aromatic heterocycles.